The van der Waals surface area contributed by atoms with Gasteiger partial charge in [0.2, 0.25) is 5.91 Å². The molecule has 28 heavy (non-hydrogen) atoms. The van der Waals surface area contributed by atoms with Crippen molar-refractivity contribution in [3.05, 3.63) is 33.8 Å². The number of hydrogen-bond donors (Lipinski definition) is 1. The number of rotatable bonds is 4. The van der Waals surface area contributed by atoms with Gasteiger partial charge in [-0.1, -0.05) is 29.3 Å². The maximum absolute atomic E-state index is 13.0. The van der Waals surface area contributed by atoms with Gasteiger partial charge >= 0.3 is 6.09 Å². The van der Waals surface area contributed by atoms with Gasteiger partial charge in [0.1, 0.15) is 0 Å². The third-order valence-electron chi connectivity index (χ3n) is 5.63. The minimum atomic E-state index is -1.02. The van der Waals surface area contributed by atoms with Crippen molar-refractivity contribution in [2.75, 3.05) is 27.3 Å². The molecule has 1 aliphatic heterocycles. The first kappa shape index (κ1) is 21.2. The smallest absolute Gasteiger partial charge is 0.407 e. The normalized spacial score (nSPS) is 23.6. The number of carboxylic acid groups (broad SMARTS) is 1. The van der Waals surface area contributed by atoms with E-state index in [-0.39, 0.29) is 24.4 Å². The Labute approximate surface area is 174 Å². The average Bonchev–Trinajstić information content (AvgIpc) is 3.11. The quantitative estimate of drug-likeness (QED) is 0.792. The molecule has 9 heteroatoms. The number of carbonyl (C=O) groups is 2. The Bertz CT molecular complexity index is 754. The zero-order chi connectivity index (χ0) is 20.5. The van der Waals surface area contributed by atoms with Crippen LogP contribution in [-0.4, -0.2) is 72.1 Å². The van der Waals surface area contributed by atoms with Gasteiger partial charge in [0.15, 0.2) is 5.79 Å². The summed E-state index contributed by atoms with van der Waals surface area (Å²) in [5, 5.41) is 10.3. The fourth-order valence-corrected chi connectivity index (χ4v) is 4.32. The lowest BCUT2D eigenvalue weighted by Gasteiger charge is -2.46. The molecule has 7 nitrogen and oxygen atoms in total. The monoisotopic (exact) mass is 430 g/mol. The van der Waals surface area contributed by atoms with E-state index in [0.717, 1.165) is 5.56 Å². The zero-order valence-corrected chi connectivity index (χ0v) is 17.4. The molecule has 2 fully saturated rings. The summed E-state index contributed by atoms with van der Waals surface area (Å²) in [6, 6.07) is 4.39. The molecule has 1 spiro atoms. The number of halogens is 2. The van der Waals surface area contributed by atoms with Crippen molar-refractivity contribution in [2.45, 2.75) is 43.6 Å². The Hall–Kier alpha value is -1.54. The summed E-state index contributed by atoms with van der Waals surface area (Å²) in [6.45, 7) is 1.01. The highest BCUT2D eigenvalue weighted by molar-refractivity contribution is 6.42. The SMILES string of the molecule is CN(C(=O)O)C1CCC2(CC1N(C)C(=O)Cc1ccc(Cl)c(Cl)c1)OCCO2. The first-order chi connectivity index (χ1) is 13.2. The average molecular weight is 431 g/mol. The van der Waals surface area contributed by atoms with Gasteiger partial charge in [-0.3, -0.25) is 4.79 Å². The van der Waals surface area contributed by atoms with E-state index in [9.17, 15) is 14.7 Å². The number of carbonyl (C=O) groups excluding carboxylic acids is 1. The Morgan fingerprint density at radius 2 is 1.82 bits per heavy atom. The Morgan fingerprint density at radius 1 is 1.14 bits per heavy atom. The number of ether oxygens (including phenoxy) is 2. The van der Waals surface area contributed by atoms with Crippen LogP contribution in [0.2, 0.25) is 10.0 Å². The molecule has 1 N–H and O–H groups in total. The zero-order valence-electron chi connectivity index (χ0n) is 15.9. The lowest BCUT2D eigenvalue weighted by molar-refractivity contribution is -0.197. The predicted molar refractivity (Wildman–Crippen MR) is 105 cm³/mol. The molecule has 1 aliphatic carbocycles. The molecular weight excluding hydrogens is 407 g/mol. The standard InChI is InChI=1S/C19H24Cl2N2O5/c1-22(17(24)10-12-3-4-13(20)14(21)9-12)16-11-19(27-7-8-28-19)6-5-15(16)23(2)18(25)26/h3-4,9,15-16H,5-8,10-11H2,1-2H3,(H,25,26). The van der Waals surface area contributed by atoms with Gasteiger partial charge in [-0.2, -0.15) is 0 Å². The van der Waals surface area contributed by atoms with Crippen LogP contribution in [0, 0.1) is 0 Å². The fraction of sp³-hybridized carbons (Fsp3) is 0.579. The van der Waals surface area contributed by atoms with Gasteiger partial charge in [-0.25, -0.2) is 4.79 Å². The Kier molecular flexibility index (Phi) is 6.39. The van der Waals surface area contributed by atoms with Crippen molar-refractivity contribution < 1.29 is 24.2 Å². The first-order valence-corrected chi connectivity index (χ1v) is 9.91. The van der Waals surface area contributed by atoms with Crippen molar-refractivity contribution in [2.24, 2.45) is 0 Å². The van der Waals surface area contributed by atoms with Crippen LogP contribution < -0.4 is 0 Å². The molecule has 1 heterocycles. The van der Waals surface area contributed by atoms with E-state index in [1.165, 1.54) is 11.9 Å². The number of likely N-dealkylation sites (N-methyl/N-ethyl adjacent to an activating group) is 2. The van der Waals surface area contributed by atoms with Gasteiger partial charge in [-0.15, -0.1) is 0 Å². The van der Waals surface area contributed by atoms with E-state index in [0.29, 0.717) is 42.5 Å². The topological polar surface area (TPSA) is 79.3 Å². The minimum Gasteiger partial charge on any atom is -0.465 e. The molecular formula is C19H24Cl2N2O5. The molecule has 0 bridgehead atoms. The maximum atomic E-state index is 13.0. The molecule has 2 unspecified atom stereocenters. The van der Waals surface area contributed by atoms with E-state index in [1.807, 2.05) is 0 Å². The van der Waals surface area contributed by atoms with Crippen molar-refractivity contribution in [3.8, 4) is 0 Å². The van der Waals surface area contributed by atoms with Crippen LogP contribution in [-0.2, 0) is 20.7 Å². The molecule has 1 saturated carbocycles. The molecule has 2 aliphatic rings. The molecule has 1 aromatic rings. The van der Waals surface area contributed by atoms with Gasteiger partial charge in [0.25, 0.3) is 0 Å². The van der Waals surface area contributed by atoms with Crippen LogP contribution in [0.1, 0.15) is 24.8 Å². The molecule has 154 valence electrons. The van der Waals surface area contributed by atoms with Crippen LogP contribution in [0.3, 0.4) is 0 Å². The number of amides is 2. The van der Waals surface area contributed by atoms with Gasteiger partial charge in [0, 0.05) is 26.9 Å². The van der Waals surface area contributed by atoms with Crippen molar-refractivity contribution in [1.82, 2.24) is 9.80 Å². The molecule has 2 amide bonds. The minimum absolute atomic E-state index is 0.137. The summed E-state index contributed by atoms with van der Waals surface area (Å²) in [4.78, 5) is 27.4. The highest BCUT2D eigenvalue weighted by Crippen LogP contribution is 2.39. The van der Waals surface area contributed by atoms with Crippen molar-refractivity contribution in [3.63, 3.8) is 0 Å². The van der Waals surface area contributed by atoms with Crippen LogP contribution >= 0.6 is 23.2 Å². The van der Waals surface area contributed by atoms with E-state index < -0.39 is 11.9 Å². The second-order valence-corrected chi connectivity index (χ2v) is 8.12. The molecule has 3 rings (SSSR count). The summed E-state index contributed by atoms with van der Waals surface area (Å²) >= 11 is 12.0. The van der Waals surface area contributed by atoms with Gasteiger partial charge in [-0.05, 0) is 24.1 Å². The van der Waals surface area contributed by atoms with Crippen LogP contribution in [0.25, 0.3) is 0 Å². The summed E-state index contributed by atoms with van der Waals surface area (Å²) in [5.74, 6) is -0.874. The number of nitrogens with zero attached hydrogens (tertiary/aromatic N) is 2. The van der Waals surface area contributed by atoms with Crippen molar-refractivity contribution >= 4 is 35.2 Å². The highest BCUT2D eigenvalue weighted by Gasteiger charge is 2.48. The van der Waals surface area contributed by atoms with Crippen LogP contribution in [0.15, 0.2) is 18.2 Å². The lowest BCUT2D eigenvalue weighted by atomic mass is 9.84. The van der Waals surface area contributed by atoms with Gasteiger partial charge < -0.3 is 24.4 Å². The third kappa shape index (κ3) is 4.38. The highest BCUT2D eigenvalue weighted by atomic mass is 35.5. The maximum Gasteiger partial charge on any atom is 0.407 e. The number of benzene rings is 1. The Balaban J connectivity index is 1.78. The molecule has 0 aromatic heterocycles. The van der Waals surface area contributed by atoms with Gasteiger partial charge in [0.05, 0.1) is 41.8 Å². The lowest BCUT2D eigenvalue weighted by Crippen LogP contribution is -2.59. The van der Waals surface area contributed by atoms with Crippen molar-refractivity contribution in [1.29, 1.82) is 0 Å². The Morgan fingerprint density at radius 3 is 2.43 bits per heavy atom. The van der Waals surface area contributed by atoms with E-state index >= 15 is 0 Å². The predicted octanol–water partition coefficient (Wildman–Crippen LogP) is 3.27. The van der Waals surface area contributed by atoms with Crippen LogP contribution in [0.4, 0.5) is 4.79 Å². The van der Waals surface area contributed by atoms with E-state index in [4.69, 9.17) is 32.7 Å². The van der Waals surface area contributed by atoms with E-state index in [1.54, 1.807) is 30.1 Å². The summed E-state index contributed by atoms with van der Waals surface area (Å²) in [6.07, 6.45) is 0.698. The molecule has 1 aromatic carbocycles. The van der Waals surface area contributed by atoms with Crippen LogP contribution in [0.5, 0.6) is 0 Å². The fourth-order valence-electron chi connectivity index (χ4n) is 4.00. The summed E-state index contributed by atoms with van der Waals surface area (Å²) in [5.41, 5.74) is 0.744. The summed E-state index contributed by atoms with van der Waals surface area (Å²) in [7, 11) is 3.23. The molecule has 0 radical (unpaired) electrons. The van der Waals surface area contributed by atoms with E-state index in [2.05, 4.69) is 0 Å². The second-order valence-electron chi connectivity index (χ2n) is 7.31. The third-order valence-corrected chi connectivity index (χ3v) is 6.37. The molecule has 2 atom stereocenters. The number of hydrogen-bond acceptors (Lipinski definition) is 4. The largest absolute Gasteiger partial charge is 0.465 e. The second kappa shape index (κ2) is 8.45. The summed E-state index contributed by atoms with van der Waals surface area (Å²) < 4.78 is 11.6. The molecule has 1 saturated heterocycles. The first-order valence-electron chi connectivity index (χ1n) is 9.16.